The lowest BCUT2D eigenvalue weighted by molar-refractivity contribution is -0.146. The largest absolute Gasteiger partial charge is 0.327 e. The maximum atomic E-state index is 13.6. The van der Waals surface area contributed by atoms with E-state index in [9.17, 15) is 9.59 Å². The minimum Gasteiger partial charge on any atom is -0.327 e. The van der Waals surface area contributed by atoms with E-state index in [2.05, 4.69) is 96.1 Å². The topological polar surface area (TPSA) is 112 Å². The highest BCUT2D eigenvalue weighted by Crippen LogP contribution is 2.43. The van der Waals surface area contributed by atoms with Crippen LogP contribution in [0, 0.1) is 5.92 Å². The first-order chi connectivity index (χ1) is 19.4. The van der Waals surface area contributed by atoms with Gasteiger partial charge in [-0.2, -0.15) is 10.2 Å². The van der Waals surface area contributed by atoms with Crippen molar-refractivity contribution in [3.63, 3.8) is 0 Å². The molecule has 10 heteroatoms. The molecule has 0 aliphatic carbocycles. The van der Waals surface area contributed by atoms with E-state index < -0.39 is 11.8 Å². The van der Waals surface area contributed by atoms with Crippen LogP contribution in [0.4, 0.5) is 5.69 Å². The van der Waals surface area contributed by atoms with E-state index in [1.54, 1.807) is 17.3 Å². The van der Waals surface area contributed by atoms with Crippen LogP contribution in [0.25, 0.3) is 21.8 Å². The lowest BCUT2D eigenvalue weighted by Gasteiger charge is -2.53. The number of piperidine rings is 2. The molecule has 2 saturated heterocycles. The van der Waals surface area contributed by atoms with Crippen LogP contribution < -0.4 is 5.32 Å². The average Bonchev–Trinajstić information content (AvgIpc) is 3.58. The van der Waals surface area contributed by atoms with Crippen LogP contribution in [0.5, 0.6) is 0 Å². The summed E-state index contributed by atoms with van der Waals surface area (Å²) in [6.07, 6.45) is 10.8. The molecular formula is C31H40N8O2. The van der Waals surface area contributed by atoms with Gasteiger partial charge in [-0.1, -0.05) is 13.0 Å². The summed E-state index contributed by atoms with van der Waals surface area (Å²) in [4.78, 5) is 35.1. The van der Waals surface area contributed by atoms with Gasteiger partial charge in [0, 0.05) is 40.8 Å². The van der Waals surface area contributed by atoms with Crippen molar-refractivity contribution in [1.29, 1.82) is 0 Å². The highest BCUT2D eigenvalue weighted by molar-refractivity contribution is 6.40. The first-order valence-electron chi connectivity index (χ1n) is 14.5. The van der Waals surface area contributed by atoms with Crippen molar-refractivity contribution in [3.8, 4) is 0 Å². The number of pyridine rings is 1. The zero-order valence-electron chi connectivity index (χ0n) is 24.8. The van der Waals surface area contributed by atoms with Crippen LogP contribution in [0.1, 0.15) is 77.9 Å². The number of carbonyl (C=O) groups excluding carboxylic acids is 2. The quantitative estimate of drug-likeness (QED) is 0.341. The molecule has 3 aromatic heterocycles. The summed E-state index contributed by atoms with van der Waals surface area (Å²) in [5.74, 6) is -0.901. The molecule has 2 aliphatic rings. The fraction of sp³-hybridized carbons (Fsp3) is 0.516. The van der Waals surface area contributed by atoms with Crippen molar-refractivity contribution in [2.24, 2.45) is 5.92 Å². The molecule has 41 heavy (non-hydrogen) atoms. The molecule has 1 aromatic carbocycles. The third kappa shape index (κ3) is 4.98. The minimum absolute atomic E-state index is 0.0644. The van der Waals surface area contributed by atoms with Gasteiger partial charge in [0.2, 0.25) is 0 Å². The van der Waals surface area contributed by atoms with E-state index in [0.717, 1.165) is 47.5 Å². The number of nitrogens with zero attached hydrogens (tertiary/aromatic N) is 6. The highest BCUT2D eigenvalue weighted by Gasteiger charge is 2.44. The van der Waals surface area contributed by atoms with Crippen LogP contribution in [0.2, 0.25) is 0 Å². The molecule has 2 amide bonds. The summed E-state index contributed by atoms with van der Waals surface area (Å²) in [5.41, 5.74) is 3.19. The molecular weight excluding hydrogens is 516 g/mol. The number of hydrogen-bond donors (Lipinski definition) is 2. The molecule has 2 atom stereocenters. The Bertz CT molecular complexity index is 1600. The number of aromatic nitrogens is 5. The molecule has 0 saturated carbocycles. The van der Waals surface area contributed by atoms with Gasteiger partial charge in [0.15, 0.2) is 0 Å². The highest BCUT2D eigenvalue weighted by atomic mass is 16.2. The van der Waals surface area contributed by atoms with Gasteiger partial charge in [-0.15, -0.1) is 0 Å². The Morgan fingerprint density at radius 3 is 2.54 bits per heavy atom. The Morgan fingerprint density at radius 2 is 1.78 bits per heavy atom. The Balaban J connectivity index is 1.25. The van der Waals surface area contributed by atoms with Crippen molar-refractivity contribution in [2.45, 2.75) is 83.5 Å². The smallest absolute Gasteiger partial charge is 0.314 e. The van der Waals surface area contributed by atoms with Crippen LogP contribution in [0.3, 0.4) is 0 Å². The number of nitrogens with one attached hydrogen (secondary N) is 2. The molecule has 216 valence electrons. The van der Waals surface area contributed by atoms with Gasteiger partial charge in [0.1, 0.15) is 0 Å². The second kappa shape index (κ2) is 9.94. The number of amides is 2. The number of hydrogen-bond acceptors (Lipinski definition) is 6. The number of carbonyl (C=O) groups is 2. The van der Waals surface area contributed by atoms with E-state index in [4.69, 9.17) is 5.10 Å². The third-order valence-electron chi connectivity index (χ3n) is 9.47. The number of H-pyrrole nitrogens is 1. The van der Waals surface area contributed by atoms with Crippen molar-refractivity contribution in [2.75, 3.05) is 18.9 Å². The molecule has 0 spiro atoms. The second-order valence-electron chi connectivity index (χ2n) is 13.3. The molecule has 2 fully saturated rings. The van der Waals surface area contributed by atoms with Crippen LogP contribution in [-0.2, 0) is 9.59 Å². The summed E-state index contributed by atoms with van der Waals surface area (Å²) in [5, 5.41) is 16.5. The van der Waals surface area contributed by atoms with Crippen molar-refractivity contribution in [1.82, 2.24) is 34.8 Å². The van der Waals surface area contributed by atoms with Crippen molar-refractivity contribution >= 4 is 39.3 Å². The second-order valence-corrected chi connectivity index (χ2v) is 13.3. The fourth-order valence-electron chi connectivity index (χ4n) is 6.95. The zero-order chi connectivity index (χ0) is 29.1. The van der Waals surface area contributed by atoms with Gasteiger partial charge in [0.25, 0.3) is 0 Å². The van der Waals surface area contributed by atoms with Gasteiger partial charge < -0.3 is 10.2 Å². The molecule has 10 nitrogen and oxygen atoms in total. The number of likely N-dealkylation sites (tertiary alicyclic amines) is 2. The predicted octanol–water partition coefficient (Wildman–Crippen LogP) is 5.07. The summed E-state index contributed by atoms with van der Waals surface area (Å²) in [6.45, 7) is 11.9. The lowest BCUT2D eigenvalue weighted by Crippen LogP contribution is -2.58. The zero-order valence-corrected chi connectivity index (χ0v) is 24.8. The number of anilines is 1. The number of rotatable bonds is 3. The van der Waals surface area contributed by atoms with Gasteiger partial charge in [-0.05, 0) is 84.0 Å². The summed E-state index contributed by atoms with van der Waals surface area (Å²) >= 11 is 0. The van der Waals surface area contributed by atoms with E-state index in [1.165, 1.54) is 6.20 Å². The molecule has 4 aromatic rings. The van der Waals surface area contributed by atoms with Gasteiger partial charge in [-0.25, -0.2) is 0 Å². The van der Waals surface area contributed by atoms with Crippen LogP contribution in [0.15, 0.2) is 43.0 Å². The summed E-state index contributed by atoms with van der Waals surface area (Å²) < 4.78 is 2.15. The Morgan fingerprint density at radius 1 is 1.02 bits per heavy atom. The molecule has 2 N–H and O–H groups in total. The molecule has 0 unspecified atom stereocenters. The van der Waals surface area contributed by atoms with Gasteiger partial charge >= 0.3 is 11.8 Å². The number of benzene rings is 1. The summed E-state index contributed by atoms with van der Waals surface area (Å²) in [6, 6.07) is 6.39. The first-order valence-corrected chi connectivity index (χ1v) is 14.5. The van der Waals surface area contributed by atoms with Crippen LogP contribution in [-0.4, -0.2) is 71.2 Å². The standard InChI is InChI=1S/C31H40N8O2/c1-19-7-10-26(38(17-19)29(41)28(40)34-25-16-32-14-22-15-33-35-27(22)25)20-8-9-24-21(11-20)18-39(36-24)23-12-30(2,3)37(6)31(4,5)13-23/h8-9,11,14-16,18-19,23,26H,7,10,12-13,17H2,1-6H3,(H,33,35)(H,34,40)/t19-,26+/m0/s1. The van der Waals surface area contributed by atoms with E-state index in [0.29, 0.717) is 29.7 Å². The molecule has 0 bridgehead atoms. The summed E-state index contributed by atoms with van der Waals surface area (Å²) in [7, 11) is 2.22. The van der Waals surface area contributed by atoms with E-state index >= 15 is 0 Å². The third-order valence-corrected chi connectivity index (χ3v) is 9.47. The normalized spacial score (nSPS) is 23.2. The Hall–Kier alpha value is -3.79. The monoisotopic (exact) mass is 556 g/mol. The lowest BCUT2D eigenvalue weighted by atomic mass is 9.77. The first kappa shape index (κ1) is 27.4. The minimum atomic E-state index is -0.672. The Kier molecular flexibility index (Phi) is 6.64. The average molecular weight is 557 g/mol. The molecule has 5 heterocycles. The fourth-order valence-corrected chi connectivity index (χ4v) is 6.95. The molecule has 6 rings (SSSR count). The number of fused-ring (bicyclic) bond motifs is 2. The van der Waals surface area contributed by atoms with Gasteiger partial charge in [-0.3, -0.25) is 29.3 Å². The SMILES string of the molecule is C[C@H]1CC[C@H](c2ccc3nn(C4CC(C)(C)N(C)C(C)(C)C4)cc3c2)N(C(=O)C(=O)Nc2cncc3cn[nH]c23)C1. The predicted molar refractivity (Wildman–Crippen MR) is 159 cm³/mol. The molecule has 2 aliphatic heterocycles. The van der Waals surface area contributed by atoms with Crippen molar-refractivity contribution in [3.05, 3.63) is 48.5 Å². The molecule has 0 radical (unpaired) electrons. The van der Waals surface area contributed by atoms with Crippen LogP contribution >= 0.6 is 0 Å². The Labute approximate surface area is 240 Å². The maximum absolute atomic E-state index is 13.6. The van der Waals surface area contributed by atoms with Gasteiger partial charge in [0.05, 0.1) is 41.2 Å². The number of aromatic amines is 1. The van der Waals surface area contributed by atoms with Crippen molar-refractivity contribution < 1.29 is 9.59 Å². The van der Waals surface area contributed by atoms with E-state index in [1.807, 2.05) is 0 Å². The maximum Gasteiger partial charge on any atom is 0.314 e. The van der Waals surface area contributed by atoms with E-state index in [-0.39, 0.29) is 17.1 Å².